The smallest absolute Gasteiger partial charge is 0.324 e. The molecule has 2 rings (SSSR count). The van der Waals surface area contributed by atoms with E-state index in [0.717, 1.165) is 4.90 Å². The third kappa shape index (κ3) is 3.33. The van der Waals surface area contributed by atoms with Gasteiger partial charge in [0, 0.05) is 12.0 Å². The number of imide groups is 1. The zero-order valence-electron chi connectivity index (χ0n) is 10.6. The van der Waals surface area contributed by atoms with Crippen LogP contribution in [0.2, 0.25) is 0 Å². The van der Waals surface area contributed by atoms with Crippen LogP contribution in [0.15, 0.2) is 18.2 Å². The number of benzene rings is 1. The largest absolute Gasteiger partial charge is 0.395 e. The molecule has 0 aromatic heterocycles. The summed E-state index contributed by atoms with van der Waals surface area (Å²) < 4.78 is 13.5. The molecule has 2 N–H and O–H groups in total. The van der Waals surface area contributed by atoms with Crippen LogP contribution in [0.25, 0.3) is 0 Å². The lowest BCUT2D eigenvalue weighted by molar-refractivity contribution is -0.125. The molecule has 0 bridgehead atoms. The van der Waals surface area contributed by atoms with Gasteiger partial charge in [-0.15, -0.1) is 0 Å². The van der Waals surface area contributed by atoms with E-state index in [2.05, 4.69) is 17.2 Å². The standard InChI is InChI=1S/C14H13FN2O3/c15-12-6-10(3-1-2-4-18)5-11(7-12)9-17-13(19)8-16-14(17)20/h5-7,18H,2,4,8-9H2,(H,16,20). The number of nitrogens with zero attached hydrogens (tertiary/aromatic N) is 1. The van der Waals surface area contributed by atoms with Crippen LogP contribution in [-0.4, -0.2) is 35.1 Å². The minimum Gasteiger partial charge on any atom is -0.395 e. The number of carbonyl (C=O) groups excluding carboxylic acids is 2. The Hall–Kier alpha value is -2.39. The van der Waals surface area contributed by atoms with Crippen molar-refractivity contribution in [3.8, 4) is 11.8 Å². The number of urea groups is 1. The summed E-state index contributed by atoms with van der Waals surface area (Å²) >= 11 is 0. The number of aliphatic hydroxyl groups excluding tert-OH is 1. The molecule has 1 aliphatic heterocycles. The molecule has 5 nitrogen and oxygen atoms in total. The Kier molecular flexibility index (Phi) is 4.33. The van der Waals surface area contributed by atoms with Crippen molar-refractivity contribution in [3.63, 3.8) is 0 Å². The normalized spacial score (nSPS) is 14.0. The molecule has 1 fully saturated rings. The van der Waals surface area contributed by atoms with Crippen molar-refractivity contribution in [2.75, 3.05) is 13.2 Å². The molecule has 104 valence electrons. The van der Waals surface area contributed by atoms with E-state index in [9.17, 15) is 14.0 Å². The lowest BCUT2D eigenvalue weighted by Crippen LogP contribution is -2.30. The van der Waals surface area contributed by atoms with Gasteiger partial charge in [0.2, 0.25) is 5.91 Å². The molecular formula is C14H13FN2O3. The highest BCUT2D eigenvalue weighted by molar-refractivity contribution is 6.01. The van der Waals surface area contributed by atoms with Gasteiger partial charge in [-0.3, -0.25) is 9.69 Å². The van der Waals surface area contributed by atoms with Crippen molar-refractivity contribution in [2.45, 2.75) is 13.0 Å². The van der Waals surface area contributed by atoms with Crippen molar-refractivity contribution < 1.29 is 19.1 Å². The molecule has 0 aliphatic carbocycles. The van der Waals surface area contributed by atoms with E-state index in [1.54, 1.807) is 6.07 Å². The minimum atomic E-state index is -0.483. The Morgan fingerprint density at radius 3 is 2.80 bits per heavy atom. The predicted octanol–water partition coefficient (Wildman–Crippen LogP) is 0.611. The maximum atomic E-state index is 13.5. The lowest BCUT2D eigenvalue weighted by Gasteiger charge is -2.12. The van der Waals surface area contributed by atoms with E-state index in [0.29, 0.717) is 17.5 Å². The summed E-state index contributed by atoms with van der Waals surface area (Å²) in [6.07, 6.45) is 0.304. The maximum absolute atomic E-state index is 13.5. The summed E-state index contributed by atoms with van der Waals surface area (Å²) in [6, 6.07) is 3.66. The lowest BCUT2D eigenvalue weighted by atomic mass is 10.1. The van der Waals surface area contributed by atoms with Gasteiger partial charge < -0.3 is 10.4 Å². The topological polar surface area (TPSA) is 69.6 Å². The molecule has 6 heteroatoms. The van der Waals surface area contributed by atoms with Crippen LogP contribution in [0.3, 0.4) is 0 Å². The third-order valence-corrected chi connectivity index (χ3v) is 2.70. The van der Waals surface area contributed by atoms with Crippen molar-refractivity contribution >= 4 is 11.9 Å². The van der Waals surface area contributed by atoms with Gasteiger partial charge in [0.15, 0.2) is 0 Å². The monoisotopic (exact) mass is 276 g/mol. The number of aliphatic hydroxyl groups is 1. The summed E-state index contributed by atoms with van der Waals surface area (Å²) in [6.45, 7) is -0.0773. The average molecular weight is 276 g/mol. The predicted molar refractivity (Wildman–Crippen MR) is 68.9 cm³/mol. The zero-order chi connectivity index (χ0) is 14.5. The molecule has 0 saturated carbocycles. The highest BCUT2D eigenvalue weighted by Crippen LogP contribution is 2.13. The second kappa shape index (κ2) is 6.17. The van der Waals surface area contributed by atoms with Crippen molar-refractivity contribution in [1.29, 1.82) is 0 Å². The second-order valence-corrected chi connectivity index (χ2v) is 4.26. The summed E-state index contributed by atoms with van der Waals surface area (Å²) in [5.74, 6) is 4.59. The van der Waals surface area contributed by atoms with E-state index >= 15 is 0 Å². The summed E-state index contributed by atoms with van der Waals surface area (Å²) in [7, 11) is 0. The van der Waals surface area contributed by atoms with Gasteiger partial charge in [0.25, 0.3) is 0 Å². The van der Waals surface area contributed by atoms with Crippen LogP contribution in [-0.2, 0) is 11.3 Å². The van der Waals surface area contributed by atoms with Crippen LogP contribution in [0.1, 0.15) is 17.5 Å². The summed E-state index contributed by atoms with van der Waals surface area (Å²) in [5, 5.41) is 11.0. The van der Waals surface area contributed by atoms with Crippen LogP contribution in [0.5, 0.6) is 0 Å². The fourth-order valence-electron chi connectivity index (χ4n) is 1.83. The fraction of sp³-hybridized carbons (Fsp3) is 0.286. The first kappa shape index (κ1) is 14.0. The Bertz CT molecular complexity index is 588. The molecular weight excluding hydrogens is 263 g/mol. The molecule has 1 aromatic rings. The third-order valence-electron chi connectivity index (χ3n) is 2.70. The molecule has 0 spiro atoms. The molecule has 1 saturated heterocycles. The highest BCUT2D eigenvalue weighted by atomic mass is 19.1. The van der Waals surface area contributed by atoms with Gasteiger partial charge >= 0.3 is 6.03 Å². The molecule has 1 aliphatic rings. The number of carbonyl (C=O) groups is 2. The van der Waals surface area contributed by atoms with Crippen LogP contribution in [0, 0.1) is 17.7 Å². The number of hydrogen-bond acceptors (Lipinski definition) is 3. The molecule has 0 radical (unpaired) electrons. The van der Waals surface area contributed by atoms with Crippen LogP contribution < -0.4 is 5.32 Å². The Labute approximate surface area is 115 Å². The van der Waals surface area contributed by atoms with Crippen molar-refractivity contribution in [2.24, 2.45) is 0 Å². The van der Waals surface area contributed by atoms with Crippen molar-refractivity contribution in [3.05, 3.63) is 35.1 Å². The summed E-state index contributed by atoms with van der Waals surface area (Å²) in [4.78, 5) is 23.9. The molecule has 1 heterocycles. The quantitative estimate of drug-likeness (QED) is 0.628. The number of rotatable bonds is 3. The Balaban J connectivity index is 2.18. The van der Waals surface area contributed by atoms with Gasteiger partial charge in [-0.2, -0.15) is 0 Å². The fourth-order valence-corrected chi connectivity index (χ4v) is 1.83. The minimum absolute atomic E-state index is 0.0110. The molecule has 0 atom stereocenters. The van der Waals surface area contributed by atoms with Crippen molar-refractivity contribution in [1.82, 2.24) is 10.2 Å². The van der Waals surface area contributed by atoms with Gasteiger partial charge in [0.05, 0.1) is 19.7 Å². The highest BCUT2D eigenvalue weighted by Gasteiger charge is 2.28. The second-order valence-electron chi connectivity index (χ2n) is 4.26. The molecule has 0 unspecified atom stereocenters. The summed E-state index contributed by atoms with van der Waals surface area (Å²) in [5.41, 5.74) is 0.934. The van der Waals surface area contributed by atoms with Crippen LogP contribution in [0.4, 0.5) is 9.18 Å². The number of hydrogen-bond donors (Lipinski definition) is 2. The Morgan fingerprint density at radius 2 is 2.15 bits per heavy atom. The maximum Gasteiger partial charge on any atom is 0.324 e. The van der Waals surface area contributed by atoms with E-state index < -0.39 is 11.8 Å². The zero-order valence-corrected chi connectivity index (χ0v) is 10.6. The number of amides is 3. The van der Waals surface area contributed by atoms with E-state index in [-0.39, 0.29) is 25.6 Å². The molecule has 20 heavy (non-hydrogen) atoms. The first-order valence-corrected chi connectivity index (χ1v) is 6.07. The Morgan fingerprint density at radius 1 is 1.35 bits per heavy atom. The number of halogens is 1. The van der Waals surface area contributed by atoms with Crippen LogP contribution >= 0.6 is 0 Å². The first-order valence-electron chi connectivity index (χ1n) is 6.07. The molecule has 3 amide bonds. The van der Waals surface area contributed by atoms with Gasteiger partial charge in [-0.25, -0.2) is 9.18 Å². The average Bonchev–Trinajstić information content (AvgIpc) is 2.70. The van der Waals surface area contributed by atoms with Gasteiger partial charge in [0.1, 0.15) is 5.82 Å². The van der Waals surface area contributed by atoms with Gasteiger partial charge in [-0.1, -0.05) is 11.8 Å². The van der Waals surface area contributed by atoms with E-state index in [4.69, 9.17) is 5.11 Å². The van der Waals surface area contributed by atoms with E-state index in [1.807, 2.05) is 0 Å². The number of nitrogens with one attached hydrogen (secondary N) is 1. The van der Waals surface area contributed by atoms with Gasteiger partial charge in [-0.05, 0) is 23.8 Å². The van der Waals surface area contributed by atoms with E-state index in [1.165, 1.54) is 12.1 Å². The SMILES string of the molecule is O=C1CNC(=O)N1Cc1cc(F)cc(C#CCCO)c1. The first-order chi connectivity index (χ1) is 9.60. The molecule has 1 aromatic carbocycles.